The van der Waals surface area contributed by atoms with Gasteiger partial charge in [-0.1, -0.05) is 48.0 Å². The molecule has 3 aromatic carbocycles. The molecular weight excluding hydrogens is 346 g/mol. The summed E-state index contributed by atoms with van der Waals surface area (Å²) in [6, 6.07) is 24.2. The van der Waals surface area contributed by atoms with Crippen LogP contribution in [0.4, 0.5) is 5.82 Å². The molecule has 1 heterocycles. The van der Waals surface area contributed by atoms with E-state index in [0.717, 1.165) is 38.9 Å². The fourth-order valence-electron chi connectivity index (χ4n) is 3.30. The monoisotopic (exact) mass is 365 g/mol. The van der Waals surface area contributed by atoms with Crippen LogP contribution in [0, 0.1) is 18.3 Å². The molecule has 0 atom stereocenters. The number of nitrogen functional groups attached to an aromatic ring is 1. The molecule has 136 valence electrons. The summed E-state index contributed by atoms with van der Waals surface area (Å²) in [5.41, 5.74) is 11.1. The minimum atomic E-state index is 0.241. The number of ether oxygens (including phenoxy) is 1. The van der Waals surface area contributed by atoms with Gasteiger partial charge < -0.3 is 10.5 Å². The van der Waals surface area contributed by atoms with Gasteiger partial charge in [0.05, 0.1) is 12.8 Å². The second kappa shape index (κ2) is 7.05. The summed E-state index contributed by atoms with van der Waals surface area (Å²) in [6.07, 6.45) is 0. The van der Waals surface area contributed by atoms with Gasteiger partial charge in [0.25, 0.3) is 0 Å². The van der Waals surface area contributed by atoms with Crippen molar-refractivity contribution >= 4 is 16.6 Å². The molecule has 0 aliphatic carbocycles. The van der Waals surface area contributed by atoms with Crippen molar-refractivity contribution in [1.82, 2.24) is 4.98 Å². The number of fused-ring (bicyclic) bond motifs is 1. The van der Waals surface area contributed by atoms with Gasteiger partial charge in [0.1, 0.15) is 23.2 Å². The van der Waals surface area contributed by atoms with E-state index in [0.29, 0.717) is 5.56 Å². The van der Waals surface area contributed by atoms with E-state index >= 15 is 0 Å². The zero-order chi connectivity index (χ0) is 19.7. The number of rotatable bonds is 3. The van der Waals surface area contributed by atoms with E-state index in [1.54, 1.807) is 7.11 Å². The van der Waals surface area contributed by atoms with E-state index in [2.05, 4.69) is 17.1 Å². The number of aromatic nitrogens is 1. The number of hydrogen-bond acceptors (Lipinski definition) is 4. The maximum Gasteiger partial charge on any atom is 0.142 e. The Balaban J connectivity index is 1.89. The number of nitriles is 1. The second-order valence-corrected chi connectivity index (χ2v) is 6.72. The number of hydrogen-bond donors (Lipinski definition) is 1. The average molecular weight is 365 g/mol. The molecule has 0 radical (unpaired) electrons. The number of anilines is 1. The molecule has 4 heteroatoms. The van der Waals surface area contributed by atoms with Gasteiger partial charge in [0, 0.05) is 11.1 Å². The second-order valence-electron chi connectivity index (χ2n) is 6.72. The summed E-state index contributed by atoms with van der Waals surface area (Å²) in [4.78, 5) is 4.45. The van der Waals surface area contributed by atoms with Crippen LogP contribution >= 0.6 is 0 Å². The molecule has 0 aliphatic heterocycles. The molecule has 0 saturated heterocycles. The molecule has 0 bridgehead atoms. The largest absolute Gasteiger partial charge is 0.497 e. The highest BCUT2D eigenvalue weighted by molar-refractivity contribution is 5.90. The minimum Gasteiger partial charge on any atom is -0.497 e. The zero-order valence-corrected chi connectivity index (χ0v) is 15.7. The predicted octanol–water partition coefficient (Wildman–Crippen LogP) is 5.34. The molecule has 4 aromatic rings. The minimum absolute atomic E-state index is 0.241. The number of nitrogens with two attached hydrogens (primary N) is 1. The molecule has 0 unspecified atom stereocenters. The summed E-state index contributed by atoms with van der Waals surface area (Å²) in [5, 5.41) is 11.8. The summed E-state index contributed by atoms with van der Waals surface area (Å²) in [7, 11) is 1.65. The first-order valence-corrected chi connectivity index (χ1v) is 8.95. The van der Waals surface area contributed by atoms with Crippen LogP contribution in [0.5, 0.6) is 5.75 Å². The zero-order valence-electron chi connectivity index (χ0n) is 15.7. The summed E-state index contributed by atoms with van der Waals surface area (Å²) in [5.74, 6) is 1.05. The maximum atomic E-state index is 9.65. The molecule has 0 saturated carbocycles. The van der Waals surface area contributed by atoms with Gasteiger partial charge in [-0.25, -0.2) is 4.98 Å². The van der Waals surface area contributed by atoms with Gasteiger partial charge in [0.15, 0.2) is 0 Å². The average Bonchev–Trinajstić information content (AvgIpc) is 2.73. The quantitative estimate of drug-likeness (QED) is 0.532. The van der Waals surface area contributed by atoms with E-state index < -0.39 is 0 Å². The first kappa shape index (κ1) is 17.6. The lowest BCUT2D eigenvalue weighted by Gasteiger charge is -2.11. The van der Waals surface area contributed by atoms with E-state index in [9.17, 15) is 5.26 Å². The van der Waals surface area contributed by atoms with Crippen molar-refractivity contribution in [1.29, 1.82) is 5.26 Å². The van der Waals surface area contributed by atoms with Crippen molar-refractivity contribution in [3.05, 3.63) is 77.9 Å². The van der Waals surface area contributed by atoms with E-state index in [4.69, 9.17) is 10.5 Å². The third kappa shape index (κ3) is 3.15. The number of nitrogens with zero attached hydrogens (tertiary/aromatic N) is 2. The van der Waals surface area contributed by atoms with Crippen LogP contribution in [0.3, 0.4) is 0 Å². The van der Waals surface area contributed by atoms with Crippen molar-refractivity contribution in [2.24, 2.45) is 0 Å². The molecule has 4 rings (SSSR count). The highest BCUT2D eigenvalue weighted by Gasteiger charge is 2.14. The van der Waals surface area contributed by atoms with E-state index in [-0.39, 0.29) is 5.82 Å². The third-order valence-electron chi connectivity index (χ3n) is 4.86. The molecule has 4 nitrogen and oxygen atoms in total. The van der Waals surface area contributed by atoms with Crippen molar-refractivity contribution in [2.75, 3.05) is 12.8 Å². The molecular formula is C24H19N3O. The van der Waals surface area contributed by atoms with Crippen LogP contribution < -0.4 is 10.5 Å². The Morgan fingerprint density at radius 2 is 1.57 bits per heavy atom. The molecule has 0 amide bonds. The lowest BCUT2D eigenvalue weighted by molar-refractivity contribution is 0.415. The third-order valence-corrected chi connectivity index (χ3v) is 4.86. The number of methoxy groups -OCH3 is 1. The van der Waals surface area contributed by atoms with E-state index in [1.165, 1.54) is 5.56 Å². The molecule has 2 N–H and O–H groups in total. The van der Waals surface area contributed by atoms with Crippen LogP contribution in [-0.2, 0) is 0 Å². The van der Waals surface area contributed by atoms with Crippen molar-refractivity contribution < 1.29 is 4.74 Å². The van der Waals surface area contributed by atoms with Gasteiger partial charge in [-0.15, -0.1) is 0 Å². The SMILES string of the molecule is COc1ccc2cc(-c3cc(-c4ccc(C)cc4)nc(N)c3C#N)ccc2c1. The summed E-state index contributed by atoms with van der Waals surface area (Å²) in [6.45, 7) is 2.04. The molecule has 0 aliphatic rings. The lowest BCUT2D eigenvalue weighted by Crippen LogP contribution is -1.99. The molecule has 28 heavy (non-hydrogen) atoms. The Kier molecular flexibility index (Phi) is 4.42. The van der Waals surface area contributed by atoms with Crippen molar-refractivity contribution in [2.45, 2.75) is 6.92 Å². The molecule has 0 spiro atoms. The number of aryl methyl sites for hydroxylation is 1. The van der Waals surface area contributed by atoms with Crippen LogP contribution in [0.2, 0.25) is 0 Å². The van der Waals surface area contributed by atoms with Crippen LogP contribution in [0.15, 0.2) is 66.7 Å². The highest BCUT2D eigenvalue weighted by Crippen LogP contribution is 2.33. The van der Waals surface area contributed by atoms with Crippen LogP contribution in [0.1, 0.15) is 11.1 Å². The number of benzene rings is 3. The number of pyridine rings is 1. The fourth-order valence-corrected chi connectivity index (χ4v) is 3.30. The van der Waals surface area contributed by atoms with Gasteiger partial charge in [0.2, 0.25) is 0 Å². The van der Waals surface area contributed by atoms with Crippen LogP contribution in [0.25, 0.3) is 33.2 Å². The maximum absolute atomic E-state index is 9.65. The Morgan fingerprint density at radius 1 is 0.893 bits per heavy atom. The first-order chi connectivity index (χ1) is 13.6. The predicted molar refractivity (Wildman–Crippen MR) is 113 cm³/mol. The molecule has 0 fully saturated rings. The smallest absolute Gasteiger partial charge is 0.142 e. The Bertz CT molecular complexity index is 1220. The van der Waals surface area contributed by atoms with Crippen molar-refractivity contribution in [3.8, 4) is 34.2 Å². The standard InChI is InChI=1S/C24H19N3O/c1-15-3-5-16(6-4-15)23-13-21(22(14-25)24(26)27-23)19-8-7-18-12-20(28-2)10-9-17(18)11-19/h3-13H,1-2H3,(H2,26,27). The Labute approximate surface area is 163 Å². The summed E-state index contributed by atoms with van der Waals surface area (Å²) < 4.78 is 5.29. The summed E-state index contributed by atoms with van der Waals surface area (Å²) >= 11 is 0. The van der Waals surface area contributed by atoms with E-state index in [1.807, 2.05) is 67.6 Å². The Hall–Kier alpha value is -3.84. The van der Waals surface area contributed by atoms with Gasteiger partial charge in [-0.05, 0) is 47.5 Å². The van der Waals surface area contributed by atoms with Crippen LogP contribution in [-0.4, -0.2) is 12.1 Å². The van der Waals surface area contributed by atoms with Gasteiger partial charge in [-0.2, -0.15) is 5.26 Å². The topological polar surface area (TPSA) is 71.9 Å². The first-order valence-electron chi connectivity index (χ1n) is 8.95. The highest BCUT2D eigenvalue weighted by atomic mass is 16.5. The normalized spacial score (nSPS) is 10.6. The van der Waals surface area contributed by atoms with Crippen molar-refractivity contribution in [3.63, 3.8) is 0 Å². The lowest BCUT2D eigenvalue weighted by atomic mass is 9.96. The van der Waals surface area contributed by atoms with Gasteiger partial charge in [-0.3, -0.25) is 0 Å². The molecule has 1 aromatic heterocycles. The van der Waals surface area contributed by atoms with Gasteiger partial charge >= 0.3 is 0 Å². The fraction of sp³-hybridized carbons (Fsp3) is 0.0833. The Morgan fingerprint density at radius 3 is 2.29 bits per heavy atom.